The molecule has 272 valence electrons. The van der Waals surface area contributed by atoms with Gasteiger partial charge in [0, 0.05) is 27.8 Å². The maximum absolute atomic E-state index is 14.5. The van der Waals surface area contributed by atoms with E-state index in [4.69, 9.17) is 9.97 Å². The van der Waals surface area contributed by atoms with Crippen molar-refractivity contribution in [1.29, 1.82) is 0 Å². The summed E-state index contributed by atoms with van der Waals surface area (Å²) < 4.78 is 29.0. The number of nitrogens with zero attached hydrogens (tertiary/aromatic N) is 2. The average molecular weight is 761 g/mol. The Balaban J connectivity index is 1.21. The van der Waals surface area contributed by atoms with E-state index in [2.05, 4.69) is 115 Å². The highest BCUT2D eigenvalue weighted by Gasteiger charge is 2.51. The molecule has 2 heterocycles. The van der Waals surface area contributed by atoms with Crippen LogP contribution in [0.25, 0.3) is 78.4 Å². The largest absolute Gasteiger partial charge is 0.228 e. The van der Waals surface area contributed by atoms with Gasteiger partial charge in [-0.15, -0.1) is 0 Å². The number of hydrogen-bond donors (Lipinski definition) is 0. The molecule has 4 nitrogen and oxygen atoms in total. The first-order valence-corrected chi connectivity index (χ1v) is 21.0. The van der Waals surface area contributed by atoms with E-state index in [0.29, 0.717) is 15.6 Å². The van der Waals surface area contributed by atoms with Gasteiger partial charge in [0.05, 0.1) is 26.6 Å². The highest BCUT2D eigenvalue weighted by Crippen LogP contribution is 2.63. The van der Waals surface area contributed by atoms with Crippen molar-refractivity contribution in [1.82, 2.24) is 9.97 Å². The summed E-state index contributed by atoms with van der Waals surface area (Å²) in [5, 5.41) is 0. The predicted octanol–water partition coefficient (Wildman–Crippen LogP) is 12.3. The molecule has 58 heavy (non-hydrogen) atoms. The summed E-state index contributed by atoms with van der Waals surface area (Å²) in [6.45, 7) is 0. The van der Waals surface area contributed by atoms with Gasteiger partial charge in [0.15, 0.2) is 5.82 Å². The van der Waals surface area contributed by atoms with Crippen LogP contribution in [0.15, 0.2) is 204 Å². The Morgan fingerprint density at radius 2 is 0.828 bits per heavy atom. The fourth-order valence-corrected chi connectivity index (χ4v) is 11.5. The first-order chi connectivity index (χ1) is 28.5. The normalized spacial score (nSPS) is 15.9. The summed E-state index contributed by atoms with van der Waals surface area (Å²) in [5.41, 5.74) is 16.0. The van der Waals surface area contributed by atoms with Gasteiger partial charge in [-0.2, -0.15) is 0 Å². The quantitative estimate of drug-likeness (QED) is 0.180. The van der Waals surface area contributed by atoms with Crippen LogP contribution in [0.4, 0.5) is 0 Å². The Morgan fingerprint density at radius 3 is 1.50 bits per heavy atom. The second kappa shape index (κ2) is 12.1. The zero-order valence-corrected chi connectivity index (χ0v) is 31.9. The smallest absolute Gasteiger partial charge is 0.207 e. The molecule has 1 unspecified atom stereocenters. The number of rotatable bonds is 3. The first-order valence-electron chi connectivity index (χ1n) is 19.5. The molecule has 9 aromatic rings. The second-order valence-corrected chi connectivity index (χ2v) is 17.1. The van der Waals surface area contributed by atoms with E-state index in [1.807, 2.05) is 72.8 Å². The predicted molar refractivity (Wildman–Crippen MR) is 231 cm³/mol. The minimum Gasteiger partial charge on any atom is -0.228 e. The Bertz CT molecular complexity index is 3250. The van der Waals surface area contributed by atoms with Gasteiger partial charge in [-0.25, -0.2) is 18.4 Å². The highest BCUT2D eigenvalue weighted by atomic mass is 32.2. The summed E-state index contributed by atoms with van der Waals surface area (Å²) in [6.07, 6.45) is 0. The zero-order valence-electron chi connectivity index (χ0n) is 31.1. The molecule has 2 aliphatic carbocycles. The van der Waals surface area contributed by atoms with Gasteiger partial charge in [-0.05, 0) is 86.0 Å². The lowest BCUT2D eigenvalue weighted by Gasteiger charge is -2.35. The average Bonchev–Trinajstić information content (AvgIpc) is 3.66. The minimum atomic E-state index is -3.78. The van der Waals surface area contributed by atoms with Crippen molar-refractivity contribution in [2.45, 2.75) is 15.2 Å². The number of sulfone groups is 1. The SMILES string of the molecule is O=S1(=O)c2ccccc2-c2cc3c(cc21)C1(c2ccccc2-c2ccccc2-c2ccc(-c4cc(-c5ccccc5)nc(-c5ccccc5)n4)cc21)c1ccccc1-3. The minimum absolute atomic E-state index is 0.354. The molecule has 0 N–H and O–H groups in total. The molecule has 1 atom stereocenters. The van der Waals surface area contributed by atoms with Crippen LogP contribution in [0.1, 0.15) is 22.3 Å². The third-order valence-corrected chi connectivity index (χ3v) is 14.1. The molecule has 3 aliphatic rings. The summed E-state index contributed by atoms with van der Waals surface area (Å²) >= 11 is 0. The van der Waals surface area contributed by atoms with Crippen LogP contribution in [0.3, 0.4) is 0 Å². The van der Waals surface area contributed by atoms with Crippen molar-refractivity contribution in [3.05, 3.63) is 216 Å². The van der Waals surface area contributed by atoms with E-state index in [9.17, 15) is 8.42 Å². The van der Waals surface area contributed by atoms with Crippen LogP contribution in [0, 0.1) is 0 Å². The van der Waals surface area contributed by atoms with Crippen molar-refractivity contribution < 1.29 is 8.42 Å². The van der Waals surface area contributed by atoms with Crippen LogP contribution < -0.4 is 0 Å². The molecule has 0 bridgehead atoms. The molecule has 1 spiro atoms. The van der Waals surface area contributed by atoms with Gasteiger partial charge >= 0.3 is 0 Å². The van der Waals surface area contributed by atoms with Crippen molar-refractivity contribution >= 4 is 9.84 Å². The number of benzene rings is 8. The van der Waals surface area contributed by atoms with Crippen molar-refractivity contribution in [3.63, 3.8) is 0 Å². The molecular weight excluding hydrogens is 729 g/mol. The molecule has 0 amide bonds. The summed E-state index contributed by atoms with van der Waals surface area (Å²) in [5.74, 6) is 0.647. The second-order valence-electron chi connectivity index (χ2n) is 15.2. The van der Waals surface area contributed by atoms with Gasteiger partial charge in [-0.3, -0.25) is 0 Å². The van der Waals surface area contributed by atoms with E-state index < -0.39 is 15.3 Å². The van der Waals surface area contributed by atoms with E-state index in [0.717, 1.165) is 94.8 Å². The lowest BCUT2D eigenvalue weighted by Crippen LogP contribution is -2.29. The van der Waals surface area contributed by atoms with Gasteiger partial charge in [0.1, 0.15) is 0 Å². The zero-order chi connectivity index (χ0) is 38.6. The number of fused-ring (bicyclic) bond motifs is 15. The Morgan fingerprint density at radius 1 is 0.328 bits per heavy atom. The number of hydrogen-bond acceptors (Lipinski definition) is 4. The first kappa shape index (κ1) is 33.0. The van der Waals surface area contributed by atoms with Gasteiger partial charge in [0.25, 0.3) is 0 Å². The summed E-state index contributed by atoms with van der Waals surface area (Å²) in [7, 11) is -3.78. The van der Waals surface area contributed by atoms with Crippen molar-refractivity contribution in [3.8, 4) is 78.4 Å². The molecule has 0 saturated heterocycles. The molecule has 0 fully saturated rings. The lowest BCUT2D eigenvalue weighted by molar-refractivity contribution is 0.598. The molecule has 8 aromatic carbocycles. The summed E-state index contributed by atoms with van der Waals surface area (Å²) in [6, 6.07) is 66.6. The topological polar surface area (TPSA) is 59.9 Å². The highest BCUT2D eigenvalue weighted by molar-refractivity contribution is 7.92. The molecule has 0 saturated carbocycles. The van der Waals surface area contributed by atoms with Crippen LogP contribution in [-0.4, -0.2) is 18.4 Å². The number of aromatic nitrogens is 2. The van der Waals surface area contributed by atoms with E-state index in [1.165, 1.54) is 0 Å². The lowest BCUT2D eigenvalue weighted by atomic mass is 9.65. The van der Waals surface area contributed by atoms with Crippen LogP contribution in [0.2, 0.25) is 0 Å². The standard InChI is InChI=1S/C53H32N2O2S/c56-58(57)50-26-14-11-23-41(50)43-30-42-39-22-10-13-25-45(39)53(47(42)31-51(43)58)44-24-12-9-21-38(44)36-19-7-8-20-37(36)40-28-27-35(29-46(40)53)49-32-48(33-15-3-1-4-16-33)54-52(55-49)34-17-5-2-6-18-34/h1-32H. The maximum atomic E-state index is 14.5. The van der Waals surface area contributed by atoms with E-state index in [-0.39, 0.29) is 0 Å². The summed E-state index contributed by atoms with van der Waals surface area (Å²) in [4.78, 5) is 11.1. The van der Waals surface area contributed by atoms with Gasteiger partial charge in [-0.1, -0.05) is 164 Å². The molecule has 1 aliphatic heterocycles. The third-order valence-electron chi connectivity index (χ3n) is 12.3. The fourth-order valence-electron chi connectivity index (χ4n) is 9.82. The van der Waals surface area contributed by atoms with Gasteiger partial charge in [0.2, 0.25) is 9.84 Å². The maximum Gasteiger partial charge on any atom is 0.207 e. The molecular formula is C53H32N2O2S. The van der Waals surface area contributed by atoms with Crippen molar-refractivity contribution in [2.24, 2.45) is 0 Å². The van der Waals surface area contributed by atoms with Crippen LogP contribution in [-0.2, 0) is 15.3 Å². The molecule has 12 rings (SSSR count). The van der Waals surface area contributed by atoms with Crippen LogP contribution in [0.5, 0.6) is 0 Å². The van der Waals surface area contributed by atoms with Crippen molar-refractivity contribution in [2.75, 3.05) is 0 Å². The molecule has 1 aromatic heterocycles. The third kappa shape index (κ3) is 4.48. The monoisotopic (exact) mass is 760 g/mol. The van der Waals surface area contributed by atoms with Crippen LogP contribution >= 0.6 is 0 Å². The fraction of sp³-hybridized carbons (Fsp3) is 0.0189. The Labute approximate surface area is 336 Å². The Kier molecular flexibility index (Phi) is 6.91. The van der Waals surface area contributed by atoms with Gasteiger partial charge < -0.3 is 0 Å². The Hall–Kier alpha value is -7.21. The molecule has 5 heteroatoms. The van der Waals surface area contributed by atoms with E-state index >= 15 is 0 Å². The van der Waals surface area contributed by atoms with E-state index in [1.54, 1.807) is 6.07 Å². The molecule has 0 radical (unpaired) electrons.